The molecule has 0 spiro atoms. The molecule has 124 valence electrons. The number of hydrogen-bond acceptors (Lipinski definition) is 5. The molecule has 2 rings (SSSR count). The fourth-order valence-corrected chi connectivity index (χ4v) is 2.54. The van der Waals surface area contributed by atoms with Gasteiger partial charge in [0.25, 0.3) is 0 Å². The van der Waals surface area contributed by atoms with Crippen molar-refractivity contribution in [2.75, 3.05) is 7.11 Å². The molecule has 0 aliphatic rings. The molecule has 5 nitrogen and oxygen atoms in total. The largest absolute Gasteiger partial charge is 0.573 e. The Morgan fingerprint density at radius 3 is 1.78 bits per heavy atom. The van der Waals surface area contributed by atoms with E-state index in [1.807, 2.05) is 0 Å². The highest BCUT2D eigenvalue weighted by Crippen LogP contribution is 2.26. The molecular weight excluding hydrogens is 337 g/mol. The SMILES string of the molecule is COc1ccc(OS(=O)(=O)c2ccc(OC(F)(F)F)cc2)cc1. The van der Waals surface area contributed by atoms with Crippen LogP contribution in [0.1, 0.15) is 0 Å². The predicted octanol–water partition coefficient (Wildman–Crippen LogP) is 3.36. The Balaban J connectivity index is 2.15. The first kappa shape index (κ1) is 16.9. The third kappa shape index (κ3) is 4.78. The second kappa shape index (κ2) is 6.37. The highest BCUT2D eigenvalue weighted by Gasteiger charge is 2.31. The van der Waals surface area contributed by atoms with Crippen LogP contribution in [0.2, 0.25) is 0 Å². The minimum atomic E-state index is -4.85. The highest BCUT2D eigenvalue weighted by atomic mass is 32.2. The molecule has 0 aliphatic heterocycles. The molecule has 0 aliphatic carbocycles. The number of benzene rings is 2. The standard InChI is InChI=1S/C14H11F3O5S/c1-20-10-2-4-12(5-3-10)22-23(18,19)13-8-6-11(7-9-13)21-14(15,16)17/h2-9H,1H3. The van der Waals surface area contributed by atoms with Crippen LogP contribution in [0.25, 0.3) is 0 Å². The zero-order chi connectivity index (χ0) is 17.1. The fourth-order valence-electron chi connectivity index (χ4n) is 1.61. The topological polar surface area (TPSA) is 61.8 Å². The summed E-state index contributed by atoms with van der Waals surface area (Å²) in [5.74, 6) is 0.0331. The Bertz CT molecular complexity index is 752. The second-order valence-corrected chi connectivity index (χ2v) is 5.78. The molecule has 2 aromatic rings. The van der Waals surface area contributed by atoms with Gasteiger partial charge in [-0.3, -0.25) is 0 Å². The highest BCUT2D eigenvalue weighted by molar-refractivity contribution is 7.87. The van der Waals surface area contributed by atoms with E-state index < -0.39 is 22.2 Å². The lowest BCUT2D eigenvalue weighted by atomic mass is 10.3. The van der Waals surface area contributed by atoms with Crippen LogP contribution < -0.4 is 13.7 Å². The van der Waals surface area contributed by atoms with E-state index in [0.29, 0.717) is 5.75 Å². The Kier molecular flexibility index (Phi) is 4.69. The number of halogens is 3. The molecule has 0 atom stereocenters. The van der Waals surface area contributed by atoms with Gasteiger partial charge in [-0.25, -0.2) is 0 Å². The lowest BCUT2D eigenvalue weighted by Gasteiger charge is -2.10. The van der Waals surface area contributed by atoms with E-state index in [1.54, 1.807) is 0 Å². The first-order valence-corrected chi connectivity index (χ1v) is 7.55. The van der Waals surface area contributed by atoms with Crippen LogP contribution in [0.5, 0.6) is 17.2 Å². The van der Waals surface area contributed by atoms with Crippen LogP contribution in [0.4, 0.5) is 13.2 Å². The summed E-state index contributed by atoms with van der Waals surface area (Å²) in [6.45, 7) is 0. The zero-order valence-corrected chi connectivity index (χ0v) is 12.5. The summed E-state index contributed by atoms with van der Waals surface area (Å²) in [6.07, 6.45) is -4.85. The maximum Gasteiger partial charge on any atom is 0.573 e. The summed E-state index contributed by atoms with van der Waals surface area (Å²) in [5, 5.41) is 0. The van der Waals surface area contributed by atoms with Gasteiger partial charge in [-0.2, -0.15) is 8.42 Å². The first-order valence-electron chi connectivity index (χ1n) is 6.14. The van der Waals surface area contributed by atoms with Gasteiger partial charge >= 0.3 is 16.5 Å². The monoisotopic (exact) mass is 348 g/mol. The average molecular weight is 348 g/mol. The van der Waals surface area contributed by atoms with Crippen molar-refractivity contribution in [3.63, 3.8) is 0 Å². The summed E-state index contributed by atoms with van der Waals surface area (Å²) in [6, 6.07) is 9.47. The number of rotatable bonds is 5. The van der Waals surface area contributed by atoms with Crippen molar-refractivity contribution in [1.82, 2.24) is 0 Å². The fraction of sp³-hybridized carbons (Fsp3) is 0.143. The molecule has 0 fully saturated rings. The van der Waals surface area contributed by atoms with Crippen molar-refractivity contribution in [1.29, 1.82) is 0 Å². The van der Waals surface area contributed by atoms with Gasteiger partial charge in [0.1, 0.15) is 22.1 Å². The van der Waals surface area contributed by atoms with Gasteiger partial charge in [0.2, 0.25) is 0 Å². The Labute approximate surface area is 130 Å². The van der Waals surface area contributed by atoms with Gasteiger partial charge in [-0.15, -0.1) is 13.2 Å². The van der Waals surface area contributed by atoms with Gasteiger partial charge in [0, 0.05) is 0 Å². The average Bonchev–Trinajstić information content (AvgIpc) is 2.46. The molecule has 0 radical (unpaired) electrons. The van der Waals surface area contributed by atoms with E-state index in [4.69, 9.17) is 8.92 Å². The minimum Gasteiger partial charge on any atom is -0.497 e. The number of methoxy groups -OCH3 is 1. The molecule has 0 heterocycles. The van der Waals surface area contributed by atoms with Crippen molar-refractivity contribution in [3.05, 3.63) is 48.5 Å². The number of ether oxygens (including phenoxy) is 2. The molecule has 2 aromatic carbocycles. The van der Waals surface area contributed by atoms with Gasteiger partial charge in [-0.1, -0.05) is 0 Å². The van der Waals surface area contributed by atoms with Crippen molar-refractivity contribution < 1.29 is 35.2 Å². The van der Waals surface area contributed by atoms with Crippen molar-refractivity contribution in [2.45, 2.75) is 11.3 Å². The lowest BCUT2D eigenvalue weighted by molar-refractivity contribution is -0.274. The van der Waals surface area contributed by atoms with E-state index in [2.05, 4.69) is 4.74 Å². The van der Waals surface area contributed by atoms with Gasteiger partial charge in [-0.05, 0) is 48.5 Å². The summed E-state index contributed by atoms with van der Waals surface area (Å²) >= 11 is 0. The number of hydrogen-bond donors (Lipinski definition) is 0. The van der Waals surface area contributed by atoms with Crippen LogP contribution >= 0.6 is 0 Å². The van der Waals surface area contributed by atoms with E-state index in [9.17, 15) is 21.6 Å². The van der Waals surface area contributed by atoms with Crippen molar-refractivity contribution >= 4 is 10.1 Å². The third-order valence-corrected chi connectivity index (χ3v) is 3.87. The number of alkyl halides is 3. The first-order chi connectivity index (χ1) is 10.7. The predicted molar refractivity (Wildman–Crippen MR) is 73.9 cm³/mol. The summed E-state index contributed by atoms with van der Waals surface area (Å²) in [7, 11) is -2.72. The molecule has 0 aromatic heterocycles. The maximum absolute atomic E-state index is 12.0. The van der Waals surface area contributed by atoms with Crippen LogP contribution in [0, 0.1) is 0 Å². The molecule has 23 heavy (non-hydrogen) atoms. The van der Waals surface area contributed by atoms with E-state index in [0.717, 1.165) is 24.3 Å². The molecule has 0 amide bonds. The zero-order valence-electron chi connectivity index (χ0n) is 11.7. The lowest BCUT2D eigenvalue weighted by Crippen LogP contribution is -2.17. The minimum absolute atomic E-state index is 0.0430. The van der Waals surface area contributed by atoms with Gasteiger partial charge < -0.3 is 13.7 Å². The van der Waals surface area contributed by atoms with Crippen LogP contribution in [-0.2, 0) is 10.1 Å². The van der Waals surface area contributed by atoms with Gasteiger partial charge in [0.05, 0.1) is 7.11 Å². The maximum atomic E-state index is 12.0. The molecule has 0 N–H and O–H groups in total. The quantitative estimate of drug-likeness (QED) is 0.776. The smallest absolute Gasteiger partial charge is 0.497 e. The molecule has 0 saturated heterocycles. The normalized spacial score (nSPS) is 11.8. The van der Waals surface area contributed by atoms with Crippen LogP contribution in [0.3, 0.4) is 0 Å². The summed E-state index contributed by atoms with van der Waals surface area (Å²) in [4.78, 5) is -0.303. The molecular formula is C14H11F3O5S. The molecule has 0 bridgehead atoms. The summed E-state index contributed by atoms with van der Waals surface area (Å²) in [5.41, 5.74) is 0. The van der Waals surface area contributed by atoms with E-state index >= 15 is 0 Å². The van der Waals surface area contributed by atoms with E-state index in [-0.39, 0.29) is 10.6 Å². The molecule has 9 heteroatoms. The van der Waals surface area contributed by atoms with E-state index in [1.165, 1.54) is 31.4 Å². The van der Waals surface area contributed by atoms with Gasteiger partial charge in [0.15, 0.2) is 0 Å². The Morgan fingerprint density at radius 1 is 0.826 bits per heavy atom. The Morgan fingerprint density at radius 2 is 1.30 bits per heavy atom. The molecule has 0 unspecified atom stereocenters. The Hall–Kier alpha value is -2.42. The second-order valence-electron chi connectivity index (χ2n) is 4.23. The van der Waals surface area contributed by atoms with Crippen LogP contribution in [-0.4, -0.2) is 21.9 Å². The third-order valence-electron chi connectivity index (χ3n) is 2.61. The molecule has 0 saturated carbocycles. The summed E-state index contributed by atoms with van der Waals surface area (Å²) < 4.78 is 73.7. The van der Waals surface area contributed by atoms with Crippen molar-refractivity contribution in [2.24, 2.45) is 0 Å². The van der Waals surface area contributed by atoms with Crippen molar-refractivity contribution in [3.8, 4) is 17.2 Å². The van der Waals surface area contributed by atoms with Crippen LogP contribution in [0.15, 0.2) is 53.4 Å².